The van der Waals surface area contributed by atoms with Crippen LogP contribution in [0.4, 0.5) is 5.69 Å². The summed E-state index contributed by atoms with van der Waals surface area (Å²) in [5.41, 5.74) is 6.07. The van der Waals surface area contributed by atoms with Crippen LogP contribution in [0.2, 0.25) is 0 Å². The fraction of sp³-hybridized carbons (Fsp3) is 0.132. The van der Waals surface area contributed by atoms with Crippen LogP contribution in [0, 0.1) is 0 Å². The van der Waals surface area contributed by atoms with Gasteiger partial charge in [0.15, 0.2) is 11.6 Å². The third-order valence-corrected chi connectivity index (χ3v) is 7.69. The van der Waals surface area contributed by atoms with Gasteiger partial charge in [-0.2, -0.15) is 0 Å². The van der Waals surface area contributed by atoms with E-state index < -0.39 is 12.0 Å². The second-order valence-electron chi connectivity index (χ2n) is 10.7. The van der Waals surface area contributed by atoms with Gasteiger partial charge in [-0.05, 0) is 40.5 Å². The fourth-order valence-electron chi connectivity index (χ4n) is 5.20. The number of ketones is 2. The number of carboxylic acid groups (broad SMARTS) is 1. The average Bonchev–Trinajstić information content (AvgIpc) is 3.07. The summed E-state index contributed by atoms with van der Waals surface area (Å²) < 4.78 is 0. The largest absolute Gasteiger partial charge is 0.480 e. The maximum atomic E-state index is 13.2. The van der Waals surface area contributed by atoms with Gasteiger partial charge in [0.1, 0.15) is 6.04 Å². The van der Waals surface area contributed by atoms with E-state index in [-0.39, 0.29) is 24.0 Å². The molecule has 0 bridgehead atoms. The molecule has 6 heteroatoms. The van der Waals surface area contributed by atoms with E-state index in [9.17, 15) is 19.5 Å². The summed E-state index contributed by atoms with van der Waals surface area (Å²) in [6.07, 6.45) is 0. The number of nitrogens with one attached hydrogen (secondary N) is 2. The lowest BCUT2D eigenvalue weighted by atomic mass is 9.91. The van der Waals surface area contributed by atoms with Gasteiger partial charge in [-0.1, -0.05) is 122 Å². The Morgan fingerprint density at radius 1 is 0.682 bits per heavy atom. The zero-order valence-electron chi connectivity index (χ0n) is 24.4. The van der Waals surface area contributed by atoms with Gasteiger partial charge in [0.25, 0.3) is 0 Å². The molecule has 44 heavy (non-hydrogen) atoms. The maximum Gasteiger partial charge on any atom is 0.326 e. The van der Waals surface area contributed by atoms with E-state index >= 15 is 0 Å². The lowest BCUT2D eigenvalue weighted by molar-refractivity contribution is -0.138. The molecule has 0 heterocycles. The summed E-state index contributed by atoms with van der Waals surface area (Å²) in [5.74, 6) is -1.52. The van der Waals surface area contributed by atoms with Crippen molar-refractivity contribution in [3.05, 3.63) is 161 Å². The van der Waals surface area contributed by atoms with Crippen LogP contribution in [0.15, 0.2) is 133 Å². The minimum Gasteiger partial charge on any atom is -0.480 e. The van der Waals surface area contributed by atoms with Crippen molar-refractivity contribution in [2.75, 3.05) is 11.9 Å². The van der Waals surface area contributed by atoms with E-state index in [1.54, 1.807) is 48.5 Å². The van der Waals surface area contributed by atoms with Gasteiger partial charge < -0.3 is 15.7 Å². The van der Waals surface area contributed by atoms with Crippen molar-refractivity contribution in [2.45, 2.75) is 25.4 Å². The van der Waals surface area contributed by atoms with Crippen LogP contribution in [-0.4, -0.2) is 35.2 Å². The third kappa shape index (κ3) is 7.35. The molecule has 0 radical (unpaired) electrons. The second kappa shape index (κ2) is 14.2. The van der Waals surface area contributed by atoms with Crippen molar-refractivity contribution in [2.24, 2.45) is 0 Å². The Balaban J connectivity index is 1.26. The molecule has 2 unspecified atom stereocenters. The minimum atomic E-state index is -1.01. The fourth-order valence-corrected chi connectivity index (χ4v) is 5.20. The Labute approximate surface area is 257 Å². The Hall–Kier alpha value is -5.33. The van der Waals surface area contributed by atoms with Gasteiger partial charge >= 0.3 is 5.97 Å². The zero-order valence-corrected chi connectivity index (χ0v) is 24.4. The number of anilines is 1. The summed E-state index contributed by atoms with van der Waals surface area (Å²) in [5, 5.41) is 16.5. The topological polar surface area (TPSA) is 95.5 Å². The maximum absolute atomic E-state index is 13.2. The molecule has 220 valence electrons. The molecule has 5 rings (SSSR count). The molecule has 3 N–H and O–H groups in total. The molecule has 2 atom stereocenters. The molecule has 0 amide bonds. The second-order valence-corrected chi connectivity index (χ2v) is 10.7. The Bertz CT molecular complexity index is 1730. The Kier molecular flexibility index (Phi) is 9.74. The van der Waals surface area contributed by atoms with Crippen molar-refractivity contribution in [3.63, 3.8) is 0 Å². The first-order valence-corrected chi connectivity index (χ1v) is 14.6. The van der Waals surface area contributed by atoms with Crippen molar-refractivity contribution in [3.8, 4) is 11.1 Å². The summed E-state index contributed by atoms with van der Waals surface area (Å²) in [4.78, 5) is 38.0. The Morgan fingerprint density at radius 2 is 1.32 bits per heavy atom. The summed E-state index contributed by atoms with van der Waals surface area (Å²) in [6.45, 7) is 2.68. The van der Waals surface area contributed by atoms with E-state index in [1.165, 1.54) is 0 Å². The molecule has 5 aromatic rings. The van der Waals surface area contributed by atoms with Gasteiger partial charge in [0.2, 0.25) is 0 Å². The molecular formula is C38H34N2O4. The number of hydrogen-bond acceptors (Lipinski definition) is 5. The number of benzene rings is 5. The number of hydrogen-bond donors (Lipinski definition) is 3. The summed E-state index contributed by atoms with van der Waals surface area (Å²) in [6, 6.07) is 40.2. The molecule has 0 saturated heterocycles. The van der Waals surface area contributed by atoms with E-state index in [2.05, 4.69) is 16.7 Å². The van der Waals surface area contributed by atoms with Crippen LogP contribution in [0.3, 0.4) is 0 Å². The van der Waals surface area contributed by atoms with E-state index in [0.29, 0.717) is 28.9 Å². The molecule has 5 aromatic carbocycles. The lowest BCUT2D eigenvalue weighted by Gasteiger charge is -2.24. The van der Waals surface area contributed by atoms with Gasteiger partial charge in [-0.25, -0.2) is 4.79 Å². The molecule has 0 aliphatic rings. The van der Waals surface area contributed by atoms with Crippen LogP contribution in [-0.2, 0) is 11.3 Å². The number of carbonyl (C=O) groups is 3. The van der Waals surface area contributed by atoms with Gasteiger partial charge in [0, 0.05) is 34.8 Å². The molecule has 0 spiro atoms. The van der Waals surface area contributed by atoms with Gasteiger partial charge in [-0.15, -0.1) is 0 Å². The van der Waals surface area contributed by atoms with Crippen LogP contribution in [0.25, 0.3) is 11.1 Å². The summed E-state index contributed by atoms with van der Waals surface area (Å²) >= 11 is 0. The molecule has 0 aliphatic carbocycles. The highest BCUT2D eigenvalue weighted by molar-refractivity contribution is 6.12. The summed E-state index contributed by atoms with van der Waals surface area (Å²) in [7, 11) is 0. The normalized spacial score (nSPS) is 12.2. The van der Waals surface area contributed by atoms with Crippen LogP contribution < -0.4 is 10.6 Å². The van der Waals surface area contributed by atoms with Crippen LogP contribution in [0.5, 0.6) is 0 Å². The van der Waals surface area contributed by atoms with E-state index in [4.69, 9.17) is 0 Å². The number of Topliss-reactive ketones (excluding diaryl/α,β-unsaturated/α-hetero) is 1. The molecular weight excluding hydrogens is 548 g/mol. The zero-order chi connectivity index (χ0) is 30.9. The predicted molar refractivity (Wildman–Crippen MR) is 174 cm³/mol. The van der Waals surface area contributed by atoms with Gasteiger partial charge in [0.05, 0.1) is 6.54 Å². The molecule has 0 fully saturated rings. The first-order valence-electron chi connectivity index (χ1n) is 14.6. The number of para-hydroxylation sites is 1. The molecule has 0 saturated carbocycles. The highest BCUT2D eigenvalue weighted by atomic mass is 16.4. The quantitative estimate of drug-likeness (QED) is 0.127. The first-order chi connectivity index (χ1) is 21.4. The van der Waals surface area contributed by atoms with Gasteiger partial charge in [-0.3, -0.25) is 9.59 Å². The predicted octanol–water partition coefficient (Wildman–Crippen LogP) is 7.23. The monoisotopic (exact) mass is 582 g/mol. The number of carbonyl (C=O) groups excluding carboxylic acids is 2. The molecule has 0 aliphatic heterocycles. The number of aliphatic carboxylic acids is 1. The SMILES string of the molecule is CC(c1ccc(-c2cccc(CNCC(=O)c3ccccc3)c2)cc1)C(Nc1ccccc1C(=O)c1ccccc1)C(=O)O. The number of carboxylic acids is 1. The van der Waals surface area contributed by atoms with Crippen molar-refractivity contribution in [1.82, 2.24) is 5.32 Å². The van der Waals surface area contributed by atoms with Crippen molar-refractivity contribution < 1.29 is 19.5 Å². The third-order valence-electron chi connectivity index (χ3n) is 7.69. The van der Waals surface area contributed by atoms with Crippen molar-refractivity contribution in [1.29, 1.82) is 0 Å². The number of rotatable bonds is 13. The molecule has 0 aromatic heterocycles. The highest BCUT2D eigenvalue weighted by Gasteiger charge is 2.27. The van der Waals surface area contributed by atoms with Crippen LogP contribution >= 0.6 is 0 Å². The lowest BCUT2D eigenvalue weighted by Crippen LogP contribution is -2.35. The standard InChI is InChI=1S/C38H34N2O4/c1-26(36(38(43)44)40-34-18-9-8-17-33(34)37(42)31-14-6-3-7-15-31)28-19-21-29(22-20-28)32-16-10-11-27(23-32)24-39-25-35(41)30-12-4-2-5-13-30/h2-23,26,36,39-40H,24-25H2,1H3,(H,43,44). The Morgan fingerprint density at radius 3 is 2.00 bits per heavy atom. The minimum absolute atomic E-state index is 0.0481. The smallest absolute Gasteiger partial charge is 0.326 e. The first kappa shape index (κ1) is 30.1. The molecule has 6 nitrogen and oxygen atoms in total. The van der Waals surface area contributed by atoms with E-state index in [0.717, 1.165) is 22.3 Å². The average molecular weight is 583 g/mol. The van der Waals surface area contributed by atoms with Crippen LogP contribution in [0.1, 0.15) is 50.2 Å². The van der Waals surface area contributed by atoms with E-state index in [1.807, 2.05) is 85.8 Å². The van der Waals surface area contributed by atoms with Crippen molar-refractivity contribution >= 4 is 23.2 Å². The highest BCUT2D eigenvalue weighted by Crippen LogP contribution is 2.28.